The van der Waals surface area contributed by atoms with Crippen LogP contribution in [0.25, 0.3) is 0 Å². The molecule has 1 heterocycles. The van der Waals surface area contributed by atoms with E-state index in [-0.39, 0.29) is 0 Å². The Kier molecular flexibility index (Phi) is 5.26. The molecule has 0 unspecified atom stereocenters. The second-order valence-electron chi connectivity index (χ2n) is 5.55. The summed E-state index contributed by atoms with van der Waals surface area (Å²) in [5.41, 5.74) is 1.25. The molecule has 1 aliphatic rings. The zero-order chi connectivity index (χ0) is 12.8. The number of rotatable bonds is 7. The maximum Gasteiger partial charge on any atom is 0.118 e. The number of hydrogen-bond acceptors (Lipinski definition) is 3. The smallest absolute Gasteiger partial charge is 0.118 e. The first-order valence-electron chi connectivity index (χ1n) is 7.23. The van der Waals surface area contributed by atoms with Gasteiger partial charge in [-0.2, -0.15) is 0 Å². The van der Waals surface area contributed by atoms with Gasteiger partial charge in [-0.3, -0.25) is 4.90 Å². The molecule has 1 N–H and O–H groups in total. The van der Waals surface area contributed by atoms with Gasteiger partial charge in [0.1, 0.15) is 5.76 Å². The lowest BCUT2D eigenvalue weighted by atomic mass is 10.1. The molecule has 0 amide bonds. The van der Waals surface area contributed by atoms with Crippen molar-refractivity contribution in [2.75, 3.05) is 20.1 Å². The molecule has 0 bridgehead atoms. The van der Waals surface area contributed by atoms with Crippen LogP contribution >= 0.6 is 0 Å². The number of hydrogen-bond donors (Lipinski definition) is 1. The van der Waals surface area contributed by atoms with Gasteiger partial charge in [0.05, 0.1) is 12.8 Å². The maximum absolute atomic E-state index is 5.62. The van der Waals surface area contributed by atoms with Crippen LogP contribution in [0.5, 0.6) is 0 Å². The van der Waals surface area contributed by atoms with E-state index in [2.05, 4.69) is 30.3 Å². The molecule has 1 aromatic rings. The van der Waals surface area contributed by atoms with Gasteiger partial charge >= 0.3 is 0 Å². The second-order valence-corrected chi connectivity index (χ2v) is 5.55. The quantitative estimate of drug-likeness (QED) is 0.806. The van der Waals surface area contributed by atoms with Crippen molar-refractivity contribution in [3.05, 3.63) is 23.7 Å². The highest BCUT2D eigenvalue weighted by molar-refractivity contribution is 5.12. The van der Waals surface area contributed by atoms with Crippen LogP contribution in [0.15, 0.2) is 16.7 Å². The SMILES string of the molecule is CCNCc1coc(CN(C)CC2CCCC2)c1. The Hall–Kier alpha value is -0.800. The summed E-state index contributed by atoms with van der Waals surface area (Å²) in [6.07, 6.45) is 7.54. The van der Waals surface area contributed by atoms with E-state index in [4.69, 9.17) is 4.42 Å². The highest BCUT2D eigenvalue weighted by atomic mass is 16.3. The van der Waals surface area contributed by atoms with Crippen molar-refractivity contribution in [1.29, 1.82) is 0 Å². The van der Waals surface area contributed by atoms with Crippen molar-refractivity contribution in [3.8, 4) is 0 Å². The third-order valence-corrected chi connectivity index (χ3v) is 3.76. The highest BCUT2D eigenvalue weighted by Crippen LogP contribution is 2.25. The molecule has 1 saturated carbocycles. The molecule has 0 aromatic carbocycles. The maximum atomic E-state index is 5.62. The van der Waals surface area contributed by atoms with E-state index in [1.54, 1.807) is 0 Å². The molecule has 0 atom stereocenters. The van der Waals surface area contributed by atoms with Crippen LogP contribution in [-0.4, -0.2) is 25.0 Å². The minimum absolute atomic E-state index is 0.909. The predicted molar refractivity (Wildman–Crippen MR) is 74.4 cm³/mol. The van der Waals surface area contributed by atoms with Crippen LogP contribution in [0, 0.1) is 5.92 Å². The van der Waals surface area contributed by atoms with E-state index in [1.165, 1.54) is 37.8 Å². The van der Waals surface area contributed by atoms with Crippen molar-refractivity contribution in [1.82, 2.24) is 10.2 Å². The predicted octanol–water partition coefficient (Wildman–Crippen LogP) is 3.01. The lowest BCUT2D eigenvalue weighted by molar-refractivity contribution is 0.251. The van der Waals surface area contributed by atoms with Crippen molar-refractivity contribution >= 4 is 0 Å². The molecule has 1 aromatic heterocycles. The fourth-order valence-electron chi connectivity index (χ4n) is 2.84. The van der Waals surface area contributed by atoms with E-state index in [1.807, 2.05) is 6.26 Å². The molecule has 1 fully saturated rings. The fourth-order valence-corrected chi connectivity index (χ4v) is 2.84. The highest BCUT2D eigenvalue weighted by Gasteiger charge is 2.17. The monoisotopic (exact) mass is 250 g/mol. The molecule has 18 heavy (non-hydrogen) atoms. The Morgan fingerprint density at radius 3 is 2.89 bits per heavy atom. The summed E-state index contributed by atoms with van der Waals surface area (Å²) in [6, 6.07) is 2.17. The molecular weight excluding hydrogens is 224 g/mol. The van der Waals surface area contributed by atoms with Crippen LogP contribution in [-0.2, 0) is 13.1 Å². The molecule has 0 spiro atoms. The third kappa shape index (κ3) is 4.14. The molecule has 0 aliphatic heterocycles. The van der Waals surface area contributed by atoms with Crippen LogP contribution in [0.1, 0.15) is 43.9 Å². The third-order valence-electron chi connectivity index (χ3n) is 3.76. The van der Waals surface area contributed by atoms with E-state index >= 15 is 0 Å². The first-order chi connectivity index (χ1) is 8.78. The van der Waals surface area contributed by atoms with Gasteiger partial charge in [0.25, 0.3) is 0 Å². The van der Waals surface area contributed by atoms with E-state index in [0.717, 1.165) is 31.3 Å². The van der Waals surface area contributed by atoms with Gasteiger partial charge in [-0.1, -0.05) is 19.8 Å². The lowest BCUT2D eigenvalue weighted by Crippen LogP contribution is -2.23. The second kappa shape index (κ2) is 6.95. The van der Waals surface area contributed by atoms with Crippen molar-refractivity contribution in [2.24, 2.45) is 5.92 Å². The lowest BCUT2D eigenvalue weighted by Gasteiger charge is -2.19. The first kappa shape index (κ1) is 13.6. The summed E-state index contributed by atoms with van der Waals surface area (Å²) >= 11 is 0. The molecular formula is C15H26N2O. The normalized spacial score (nSPS) is 16.8. The summed E-state index contributed by atoms with van der Waals surface area (Å²) in [7, 11) is 2.20. The molecule has 2 rings (SSSR count). The molecule has 102 valence electrons. The average molecular weight is 250 g/mol. The number of nitrogens with one attached hydrogen (secondary N) is 1. The van der Waals surface area contributed by atoms with E-state index in [9.17, 15) is 0 Å². The van der Waals surface area contributed by atoms with Crippen LogP contribution in [0.4, 0.5) is 0 Å². The molecule has 0 radical (unpaired) electrons. The molecule has 3 heteroatoms. The van der Waals surface area contributed by atoms with E-state index in [0.29, 0.717) is 0 Å². The Morgan fingerprint density at radius 2 is 2.17 bits per heavy atom. The van der Waals surface area contributed by atoms with Gasteiger partial charge in [-0.05, 0) is 38.4 Å². The summed E-state index contributed by atoms with van der Waals surface area (Å²) in [4.78, 5) is 2.39. The topological polar surface area (TPSA) is 28.4 Å². The Balaban J connectivity index is 1.75. The van der Waals surface area contributed by atoms with Gasteiger partial charge < -0.3 is 9.73 Å². The van der Waals surface area contributed by atoms with Crippen LogP contribution < -0.4 is 5.32 Å². The standard InChI is InChI=1S/C15H26N2O/c1-3-16-9-14-8-15(18-12-14)11-17(2)10-13-6-4-5-7-13/h8,12-13,16H,3-7,9-11H2,1-2H3. The van der Waals surface area contributed by atoms with Gasteiger partial charge in [0.2, 0.25) is 0 Å². The summed E-state index contributed by atoms with van der Waals surface area (Å²) in [5, 5.41) is 3.32. The Bertz CT molecular complexity index is 342. The zero-order valence-corrected chi connectivity index (χ0v) is 11.7. The van der Waals surface area contributed by atoms with Gasteiger partial charge in [-0.25, -0.2) is 0 Å². The Morgan fingerprint density at radius 1 is 1.39 bits per heavy atom. The zero-order valence-electron chi connectivity index (χ0n) is 11.7. The minimum Gasteiger partial charge on any atom is -0.468 e. The van der Waals surface area contributed by atoms with Crippen molar-refractivity contribution in [3.63, 3.8) is 0 Å². The van der Waals surface area contributed by atoms with Gasteiger partial charge in [0.15, 0.2) is 0 Å². The van der Waals surface area contributed by atoms with E-state index < -0.39 is 0 Å². The number of nitrogens with zero attached hydrogens (tertiary/aromatic N) is 1. The summed E-state index contributed by atoms with van der Waals surface area (Å²) in [5.74, 6) is 1.99. The van der Waals surface area contributed by atoms with Crippen molar-refractivity contribution in [2.45, 2.75) is 45.7 Å². The van der Waals surface area contributed by atoms with Crippen LogP contribution in [0.2, 0.25) is 0 Å². The van der Waals surface area contributed by atoms with Crippen LogP contribution in [0.3, 0.4) is 0 Å². The minimum atomic E-state index is 0.909. The van der Waals surface area contributed by atoms with Gasteiger partial charge in [-0.15, -0.1) is 0 Å². The molecule has 3 nitrogen and oxygen atoms in total. The summed E-state index contributed by atoms with van der Waals surface area (Å²) in [6.45, 7) is 6.18. The van der Waals surface area contributed by atoms with Crippen molar-refractivity contribution < 1.29 is 4.42 Å². The Labute approximate surface area is 111 Å². The van der Waals surface area contributed by atoms with Gasteiger partial charge in [0, 0.05) is 18.7 Å². The molecule has 1 aliphatic carbocycles. The average Bonchev–Trinajstić information content (AvgIpc) is 2.98. The largest absolute Gasteiger partial charge is 0.468 e. The fraction of sp³-hybridized carbons (Fsp3) is 0.733. The summed E-state index contributed by atoms with van der Waals surface area (Å²) < 4.78 is 5.62. The first-order valence-corrected chi connectivity index (χ1v) is 7.23. The number of furan rings is 1. The molecule has 0 saturated heterocycles.